The molecule has 5 nitrogen and oxygen atoms in total. The van der Waals surface area contributed by atoms with Gasteiger partial charge in [-0.3, -0.25) is 14.9 Å². The molecule has 0 bridgehead atoms. The second-order valence-corrected chi connectivity index (χ2v) is 5.98. The minimum atomic E-state index is -0.485. The number of benzene rings is 1. The van der Waals surface area contributed by atoms with Crippen molar-refractivity contribution in [2.45, 2.75) is 27.7 Å². The van der Waals surface area contributed by atoms with Gasteiger partial charge in [0.05, 0.1) is 5.69 Å². The molecule has 0 fully saturated rings. The number of thiazole rings is 1. The summed E-state index contributed by atoms with van der Waals surface area (Å²) in [5, 5.41) is 5.02. The van der Waals surface area contributed by atoms with Crippen LogP contribution in [0, 0.1) is 20.8 Å². The molecule has 6 heteroatoms. The van der Waals surface area contributed by atoms with E-state index in [0.717, 1.165) is 16.8 Å². The summed E-state index contributed by atoms with van der Waals surface area (Å²) in [6.07, 6.45) is 0. The van der Waals surface area contributed by atoms with E-state index < -0.39 is 11.9 Å². The molecule has 22 heavy (non-hydrogen) atoms. The fourth-order valence-electron chi connectivity index (χ4n) is 2.01. The number of esters is 1. The van der Waals surface area contributed by atoms with Gasteiger partial charge in [0.1, 0.15) is 0 Å². The van der Waals surface area contributed by atoms with Crippen molar-refractivity contribution < 1.29 is 14.3 Å². The van der Waals surface area contributed by atoms with E-state index in [4.69, 9.17) is 0 Å². The van der Waals surface area contributed by atoms with Crippen LogP contribution in [0.25, 0.3) is 11.3 Å². The lowest BCUT2D eigenvalue weighted by atomic mass is 9.99. The van der Waals surface area contributed by atoms with Gasteiger partial charge in [0.25, 0.3) is 5.91 Å². The molecular formula is C16H18N2O3S. The minimum Gasteiger partial charge on any atom is -0.456 e. The summed E-state index contributed by atoms with van der Waals surface area (Å²) in [7, 11) is 0. The van der Waals surface area contributed by atoms with E-state index in [-0.39, 0.29) is 6.61 Å². The molecular weight excluding hydrogens is 300 g/mol. The first-order chi connectivity index (χ1) is 10.4. The largest absolute Gasteiger partial charge is 0.456 e. The lowest BCUT2D eigenvalue weighted by Gasteiger charge is -2.07. The van der Waals surface area contributed by atoms with Gasteiger partial charge in [0.2, 0.25) is 0 Å². The fourth-order valence-corrected chi connectivity index (χ4v) is 2.74. The van der Waals surface area contributed by atoms with E-state index in [1.54, 1.807) is 0 Å². The highest BCUT2D eigenvalue weighted by Crippen LogP contribution is 2.29. The fraction of sp³-hybridized carbons (Fsp3) is 0.312. The molecule has 1 amide bonds. The molecule has 2 rings (SSSR count). The average molecular weight is 318 g/mol. The number of aryl methyl sites for hydroxylation is 3. The van der Waals surface area contributed by atoms with Crippen LogP contribution in [-0.2, 0) is 14.3 Å². The number of ether oxygens (including phenoxy) is 1. The van der Waals surface area contributed by atoms with Crippen LogP contribution in [0.15, 0.2) is 17.5 Å². The molecule has 1 heterocycles. The number of rotatable bonds is 4. The molecule has 1 aromatic heterocycles. The molecule has 116 valence electrons. The Bertz CT molecular complexity index is 722. The average Bonchev–Trinajstić information content (AvgIpc) is 2.89. The third-order valence-electron chi connectivity index (χ3n) is 3.27. The zero-order valence-corrected chi connectivity index (χ0v) is 13.8. The van der Waals surface area contributed by atoms with Crippen LogP contribution in [0.3, 0.4) is 0 Å². The number of anilines is 1. The first-order valence-corrected chi connectivity index (χ1v) is 7.71. The maximum Gasteiger partial charge on any atom is 0.303 e. The lowest BCUT2D eigenvalue weighted by molar-refractivity contribution is -0.144. The van der Waals surface area contributed by atoms with Crippen molar-refractivity contribution in [2.75, 3.05) is 11.9 Å². The van der Waals surface area contributed by atoms with Gasteiger partial charge in [0, 0.05) is 17.9 Å². The quantitative estimate of drug-likeness (QED) is 0.879. The van der Waals surface area contributed by atoms with Crippen LogP contribution in [-0.4, -0.2) is 23.5 Å². The van der Waals surface area contributed by atoms with Crippen LogP contribution in [0.5, 0.6) is 0 Å². The van der Waals surface area contributed by atoms with Crippen molar-refractivity contribution in [1.82, 2.24) is 4.98 Å². The van der Waals surface area contributed by atoms with Crippen LogP contribution in [0.1, 0.15) is 23.6 Å². The summed E-state index contributed by atoms with van der Waals surface area (Å²) in [5.74, 6) is -0.881. The van der Waals surface area contributed by atoms with E-state index in [0.29, 0.717) is 5.13 Å². The Morgan fingerprint density at radius 3 is 2.55 bits per heavy atom. The first kappa shape index (κ1) is 16.2. The Morgan fingerprint density at radius 1 is 1.18 bits per heavy atom. The molecule has 2 aromatic rings. The van der Waals surface area contributed by atoms with Crippen molar-refractivity contribution >= 4 is 28.3 Å². The van der Waals surface area contributed by atoms with Crippen molar-refractivity contribution in [3.05, 3.63) is 34.2 Å². The molecule has 0 aliphatic rings. The van der Waals surface area contributed by atoms with E-state index in [1.807, 2.05) is 12.3 Å². The topological polar surface area (TPSA) is 68.3 Å². The normalized spacial score (nSPS) is 10.4. The maximum atomic E-state index is 11.6. The Morgan fingerprint density at radius 2 is 1.86 bits per heavy atom. The number of nitrogens with one attached hydrogen (secondary N) is 1. The molecule has 1 N–H and O–H groups in total. The smallest absolute Gasteiger partial charge is 0.303 e. The Kier molecular flexibility index (Phi) is 4.92. The van der Waals surface area contributed by atoms with E-state index in [1.165, 1.54) is 29.4 Å². The Balaban J connectivity index is 2.13. The molecule has 0 radical (unpaired) electrons. The summed E-state index contributed by atoms with van der Waals surface area (Å²) < 4.78 is 4.64. The van der Waals surface area contributed by atoms with Gasteiger partial charge in [-0.2, -0.15) is 0 Å². The third-order valence-corrected chi connectivity index (χ3v) is 4.03. The van der Waals surface area contributed by atoms with Crippen LogP contribution in [0.4, 0.5) is 5.13 Å². The monoisotopic (exact) mass is 318 g/mol. The molecule has 0 aliphatic carbocycles. The van der Waals surface area contributed by atoms with Crippen LogP contribution < -0.4 is 5.32 Å². The summed E-state index contributed by atoms with van der Waals surface area (Å²) in [6, 6.07) is 4.23. The number of nitrogens with zero attached hydrogens (tertiary/aromatic N) is 1. The third kappa shape index (κ3) is 3.92. The predicted molar refractivity (Wildman–Crippen MR) is 87.0 cm³/mol. The molecule has 0 unspecified atom stereocenters. The molecule has 0 saturated heterocycles. The molecule has 0 atom stereocenters. The summed E-state index contributed by atoms with van der Waals surface area (Å²) in [5.41, 5.74) is 5.47. The highest BCUT2D eigenvalue weighted by Gasteiger charge is 2.11. The minimum absolute atomic E-state index is 0.299. The van der Waals surface area contributed by atoms with Crippen LogP contribution >= 0.6 is 11.3 Å². The molecule has 1 aromatic carbocycles. The molecule has 0 saturated carbocycles. The van der Waals surface area contributed by atoms with Crippen molar-refractivity contribution in [3.8, 4) is 11.3 Å². The Labute approximate surface area is 133 Å². The number of hydrogen-bond donors (Lipinski definition) is 1. The van der Waals surface area contributed by atoms with E-state index >= 15 is 0 Å². The van der Waals surface area contributed by atoms with Gasteiger partial charge in [-0.25, -0.2) is 4.98 Å². The van der Waals surface area contributed by atoms with E-state index in [9.17, 15) is 9.59 Å². The summed E-state index contributed by atoms with van der Waals surface area (Å²) >= 11 is 1.34. The Hall–Kier alpha value is -2.21. The number of aromatic nitrogens is 1. The second-order valence-electron chi connectivity index (χ2n) is 5.12. The van der Waals surface area contributed by atoms with Gasteiger partial charge in [-0.05, 0) is 43.5 Å². The lowest BCUT2D eigenvalue weighted by Crippen LogP contribution is -2.19. The highest BCUT2D eigenvalue weighted by molar-refractivity contribution is 7.14. The second kappa shape index (κ2) is 6.70. The van der Waals surface area contributed by atoms with Gasteiger partial charge in [-0.15, -0.1) is 11.3 Å². The van der Waals surface area contributed by atoms with Gasteiger partial charge in [0.15, 0.2) is 11.7 Å². The number of amides is 1. The zero-order valence-electron chi connectivity index (χ0n) is 13.0. The summed E-state index contributed by atoms with van der Waals surface area (Å²) in [6.45, 7) is 7.14. The SMILES string of the molecule is CC(=O)OCC(=O)Nc1nc(-c2cc(C)c(C)cc2C)cs1. The van der Waals surface area contributed by atoms with E-state index in [2.05, 4.69) is 41.0 Å². The number of carbonyl (C=O) groups is 2. The van der Waals surface area contributed by atoms with Gasteiger partial charge < -0.3 is 4.74 Å². The highest BCUT2D eigenvalue weighted by atomic mass is 32.1. The standard InChI is InChI=1S/C16H18N2O3S/c1-9-5-11(3)13(6-10(9)2)14-8-22-16(17-14)18-15(20)7-21-12(4)19/h5-6,8H,7H2,1-4H3,(H,17,18,20). The number of carbonyl (C=O) groups excluding carboxylic acids is 2. The number of hydrogen-bond acceptors (Lipinski definition) is 5. The van der Waals surface area contributed by atoms with Gasteiger partial charge in [-0.1, -0.05) is 6.07 Å². The maximum absolute atomic E-state index is 11.6. The van der Waals surface area contributed by atoms with Gasteiger partial charge >= 0.3 is 5.97 Å². The zero-order chi connectivity index (χ0) is 16.3. The van der Waals surface area contributed by atoms with Crippen molar-refractivity contribution in [3.63, 3.8) is 0 Å². The predicted octanol–water partition coefficient (Wildman–Crippen LogP) is 3.24. The van der Waals surface area contributed by atoms with Crippen LogP contribution in [0.2, 0.25) is 0 Å². The van der Waals surface area contributed by atoms with Crippen molar-refractivity contribution in [1.29, 1.82) is 0 Å². The molecule has 0 aliphatic heterocycles. The first-order valence-electron chi connectivity index (χ1n) is 6.84. The molecule has 0 spiro atoms. The summed E-state index contributed by atoms with van der Waals surface area (Å²) in [4.78, 5) is 26.7. The van der Waals surface area contributed by atoms with Crippen molar-refractivity contribution in [2.24, 2.45) is 0 Å².